The highest BCUT2D eigenvalue weighted by Gasteiger charge is 2.29. The third-order valence-corrected chi connectivity index (χ3v) is 3.86. The number of hydrogen-bond acceptors (Lipinski definition) is 3. The molecule has 0 fully saturated rings. The molecule has 1 heterocycles. The van der Waals surface area contributed by atoms with Crippen LogP contribution in [-0.2, 0) is 16.0 Å². The van der Waals surface area contributed by atoms with Crippen molar-refractivity contribution in [3.63, 3.8) is 0 Å². The summed E-state index contributed by atoms with van der Waals surface area (Å²) in [6.07, 6.45) is -0.112. The molecule has 0 saturated heterocycles. The molecule has 0 spiro atoms. The van der Waals surface area contributed by atoms with E-state index in [9.17, 15) is 14.0 Å². The minimum atomic E-state index is -0.904. The molecule has 2 aromatic carbocycles. The minimum Gasteiger partial charge on any atom is -0.449 e. The van der Waals surface area contributed by atoms with Gasteiger partial charge in [-0.3, -0.25) is 4.79 Å². The fourth-order valence-corrected chi connectivity index (χ4v) is 2.65. The highest BCUT2D eigenvalue weighted by molar-refractivity contribution is 6.00. The summed E-state index contributed by atoms with van der Waals surface area (Å²) < 4.78 is 18.1. The second kappa shape index (κ2) is 6.20. The topological polar surface area (TPSA) is 46.6 Å². The summed E-state index contributed by atoms with van der Waals surface area (Å²) in [5.74, 6) is -1.33. The van der Waals surface area contributed by atoms with Crippen LogP contribution in [0.2, 0.25) is 0 Å². The molecule has 0 aromatic heterocycles. The molecule has 0 aliphatic carbocycles. The molecule has 0 N–H and O–H groups in total. The second-order valence-corrected chi connectivity index (χ2v) is 5.42. The Morgan fingerprint density at radius 1 is 1.13 bits per heavy atom. The number of nitrogens with zero attached hydrogens (tertiary/aromatic N) is 1. The maximum absolute atomic E-state index is 12.9. The summed E-state index contributed by atoms with van der Waals surface area (Å²) >= 11 is 0. The molecule has 1 atom stereocenters. The Bertz CT molecular complexity index is 742. The van der Waals surface area contributed by atoms with Crippen LogP contribution in [0.25, 0.3) is 0 Å². The Kier molecular flexibility index (Phi) is 4.10. The summed E-state index contributed by atoms with van der Waals surface area (Å²) in [6.45, 7) is 2.13. The number of carbonyl (C=O) groups excluding carboxylic acids is 2. The van der Waals surface area contributed by atoms with Gasteiger partial charge in [-0.15, -0.1) is 0 Å². The van der Waals surface area contributed by atoms with Crippen molar-refractivity contribution in [1.82, 2.24) is 0 Å². The zero-order valence-corrected chi connectivity index (χ0v) is 12.7. The molecule has 1 unspecified atom stereocenters. The summed E-state index contributed by atoms with van der Waals surface area (Å²) in [5, 5.41) is 0. The maximum atomic E-state index is 12.9. The third-order valence-electron chi connectivity index (χ3n) is 3.86. The molecular weight excluding hydrogens is 297 g/mol. The van der Waals surface area contributed by atoms with Crippen LogP contribution in [0.5, 0.6) is 0 Å². The van der Waals surface area contributed by atoms with Gasteiger partial charge >= 0.3 is 5.97 Å². The van der Waals surface area contributed by atoms with Crippen molar-refractivity contribution in [3.8, 4) is 0 Å². The van der Waals surface area contributed by atoms with E-state index in [1.165, 1.54) is 24.3 Å². The number of ether oxygens (including phenoxy) is 1. The van der Waals surface area contributed by atoms with E-state index in [1.54, 1.807) is 11.8 Å². The second-order valence-electron chi connectivity index (χ2n) is 5.42. The first-order valence-corrected chi connectivity index (χ1v) is 7.42. The van der Waals surface area contributed by atoms with Gasteiger partial charge in [-0.2, -0.15) is 0 Å². The van der Waals surface area contributed by atoms with Gasteiger partial charge in [-0.05, 0) is 49.2 Å². The summed E-state index contributed by atoms with van der Waals surface area (Å²) in [5.41, 5.74) is 2.19. The van der Waals surface area contributed by atoms with E-state index in [0.29, 0.717) is 6.54 Å². The minimum absolute atomic E-state index is 0.216. The number of benzene rings is 2. The van der Waals surface area contributed by atoms with Crippen LogP contribution in [0, 0.1) is 5.82 Å². The third kappa shape index (κ3) is 3.08. The molecule has 1 aliphatic rings. The van der Waals surface area contributed by atoms with Crippen molar-refractivity contribution >= 4 is 17.6 Å². The lowest BCUT2D eigenvalue weighted by Crippen LogP contribution is -2.39. The summed E-state index contributed by atoms with van der Waals surface area (Å²) in [4.78, 5) is 26.2. The molecule has 5 heteroatoms. The predicted molar refractivity (Wildman–Crippen MR) is 83.8 cm³/mol. The number of halogens is 1. The van der Waals surface area contributed by atoms with E-state index in [-0.39, 0.29) is 11.5 Å². The van der Waals surface area contributed by atoms with E-state index < -0.39 is 17.9 Å². The van der Waals surface area contributed by atoms with Crippen molar-refractivity contribution in [2.75, 3.05) is 11.4 Å². The highest BCUT2D eigenvalue weighted by Crippen LogP contribution is 2.28. The number of fused-ring (bicyclic) bond motifs is 1. The molecule has 3 rings (SSSR count). The fraction of sp³-hybridized carbons (Fsp3) is 0.222. The van der Waals surface area contributed by atoms with E-state index in [2.05, 4.69) is 0 Å². The lowest BCUT2D eigenvalue weighted by atomic mass is 10.2. The van der Waals surface area contributed by atoms with Gasteiger partial charge in [0.05, 0.1) is 5.56 Å². The first-order chi connectivity index (χ1) is 11.1. The van der Waals surface area contributed by atoms with E-state index in [0.717, 1.165) is 17.7 Å². The van der Waals surface area contributed by atoms with Crippen molar-refractivity contribution in [3.05, 3.63) is 65.5 Å². The van der Waals surface area contributed by atoms with Crippen LogP contribution >= 0.6 is 0 Å². The SMILES string of the molecule is CC(OC(=O)c1ccc(F)cc1)C(=O)N1CCc2ccccc21. The quantitative estimate of drug-likeness (QED) is 0.819. The zero-order valence-electron chi connectivity index (χ0n) is 12.7. The molecule has 4 nitrogen and oxygen atoms in total. The monoisotopic (exact) mass is 313 g/mol. The van der Waals surface area contributed by atoms with E-state index in [1.807, 2.05) is 24.3 Å². The Morgan fingerprint density at radius 2 is 1.83 bits per heavy atom. The van der Waals surface area contributed by atoms with Gasteiger partial charge in [0.2, 0.25) is 0 Å². The molecule has 1 aliphatic heterocycles. The summed E-state index contributed by atoms with van der Waals surface area (Å²) in [6, 6.07) is 12.7. The largest absolute Gasteiger partial charge is 0.449 e. The molecule has 0 bridgehead atoms. The lowest BCUT2D eigenvalue weighted by Gasteiger charge is -2.21. The number of hydrogen-bond donors (Lipinski definition) is 0. The first kappa shape index (κ1) is 15.2. The Morgan fingerprint density at radius 3 is 2.57 bits per heavy atom. The number of anilines is 1. The van der Waals surface area contributed by atoms with Gasteiger partial charge in [-0.25, -0.2) is 9.18 Å². The Labute approximate surface area is 133 Å². The zero-order chi connectivity index (χ0) is 16.4. The summed E-state index contributed by atoms with van der Waals surface area (Å²) in [7, 11) is 0. The van der Waals surface area contributed by atoms with Crippen LogP contribution < -0.4 is 4.90 Å². The molecule has 0 saturated carbocycles. The predicted octanol–water partition coefficient (Wildman–Crippen LogP) is 2.96. The van der Waals surface area contributed by atoms with Gasteiger partial charge in [0, 0.05) is 12.2 Å². The van der Waals surface area contributed by atoms with Crippen molar-refractivity contribution in [1.29, 1.82) is 0 Å². The van der Waals surface area contributed by atoms with Crippen LogP contribution in [0.1, 0.15) is 22.8 Å². The van der Waals surface area contributed by atoms with Gasteiger partial charge in [0.15, 0.2) is 6.10 Å². The normalized spacial score (nSPS) is 14.3. The smallest absolute Gasteiger partial charge is 0.338 e. The number of rotatable bonds is 3. The molecule has 118 valence electrons. The average Bonchev–Trinajstić information content (AvgIpc) is 2.98. The first-order valence-electron chi connectivity index (χ1n) is 7.42. The van der Waals surface area contributed by atoms with Crippen LogP contribution in [0.4, 0.5) is 10.1 Å². The van der Waals surface area contributed by atoms with Gasteiger partial charge in [-0.1, -0.05) is 18.2 Å². The van der Waals surface area contributed by atoms with Crippen molar-refractivity contribution < 1.29 is 18.7 Å². The van der Waals surface area contributed by atoms with E-state index in [4.69, 9.17) is 4.74 Å². The van der Waals surface area contributed by atoms with Gasteiger partial charge < -0.3 is 9.64 Å². The lowest BCUT2D eigenvalue weighted by molar-refractivity contribution is -0.126. The molecule has 2 aromatic rings. The number of esters is 1. The van der Waals surface area contributed by atoms with Crippen molar-refractivity contribution in [2.24, 2.45) is 0 Å². The van der Waals surface area contributed by atoms with Crippen molar-refractivity contribution in [2.45, 2.75) is 19.4 Å². The van der Waals surface area contributed by atoms with E-state index >= 15 is 0 Å². The maximum Gasteiger partial charge on any atom is 0.338 e. The van der Waals surface area contributed by atoms with Gasteiger partial charge in [0.1, 0.15) is 5.82 Å². The van der Waals surface area contributed by atoms with Crippen LogP contribution in [0.3, 0.4) is 0 Å². The van der Waals surface area contributed by atoms with Crippen LogP contribution in [-0.4, -0.2) is 24.5 Å². The molecule has 23 heavy (non-hydrogen) atoms. The van der Waals surface area contributed by atoms with Gasteiger partial charge in [0.25, 0.3) is 5.91 Å². The number of amides is 1. The Hall–Kier alpha value is -2.69. The highest BCUT2D eigenvalue weighted by atomic mass is 19.1. The average molecular weight is 313 g/mol. The number of para-hydroxylation sites is 1. The standard InChI is InChI=1S/C18H16FNO3/c1-12(23-18(22)14-6-8-15(19)9-7-14)17(21)20-11-10-13-4-2-3-5-16(13)20/h2-9,12H,10-11H2,1H3. The molecule has 0 radical (unpaired) electrons. The van der Waals surface area contributed by atoms with Crippen LogP contribution in [0.15, 0.2) is 48.5 Å². The molecule has 1 amide bonds. The molecular formula is C18H16FNO3. The number of carbonyl (C=O) groups is 2. The Balaban J connectivity index is 1.69. The fourth-order valence-electron chi connectivity index (χ4n) is 2.65.